The number of esters is 1. The molecule has 0 atom stereocenters. The first-order chi connectivity index (χ1) is 13.8. The van der Waals surface area contributed by atoms with Gasteiger partial charge in [0.25, 0.3) is 5.56 Å². The summed E-state index contributed by atoms with van der Waals surface area (Å²) in [5, 5.41) is 0.0522. The Morgan fingerprint density at radius 3 is 2.28 bits per heavy atom. The molecule has 2 heterocycles. The molecule has 0 aliphatic rings. The molecule has 1 aromatic carbocycles. The number of carbonyl (C=O) groups is 1. The highest BCUT2D eigenvalue weighted by Crippen LogP contribution is 2.37. The summed E-state index contributed by atoms with van der Waals surface area (Å²) in [5.41, 5.74) is 5.45. The molecule has 10 heteroatoms. The van der Waals surface area contributed by atoms with E-state index in [4.69, 9.17) is 19.9 Å². The second kappa shape index (κ2) is 7.30. The van der Waals surface area contributed by atoms with Crippen LogP contribution in [0.2, 0.25) is 0 Å². The molecular weight excluding hydrogens is 380 g/mol. The number of pyridine rings is 1. The van der Waals surface area contributed by atoms with E-state index in [0.717, 1.165) is 4.57 Å². The molecule has 0 saturated heterocycles. The van der Waals surface area contributed by atoms with Crippen molar-refractivity contribution >= 4 is 22.8 Å². The topological polar surface area (TPSA) is 128 Å². The van der Waals surface area contributed by atoms with Gasteiger partial charge in [0.1, 0.15) is 11.4 Å². The Bertz CT molecular complexity index is 1260. The summed E-state index contributed by atoms with van der Waals surface area (Å²) in [6, 6.07) is 4.88. The Kier molecular flexibility index (Phi) is 5.02. The first-order valence-corrected chi connectivity index (χ1v) is 8.46. The smallest absolute Gasteiger partial charge is 0.342 e. The van der Waals surface area contributed by atoms with Crippen molar-refractivity contribution in [2.24, 2.45) is 14.1 Å². The highest BCUT2D eigenvalue weighted by Gasteiger charge is 2.26. The highest BCUT2D eigenvalue weighted by atomic mass is 16.5. The third-order valence-electron chi connectivity index (χ3n) is 4.68. The summed E-state index contributed by atoms with van der Waals surface area (Å²) in [5.74, 6) is -0.0940. The number of ether oxygens (including phenoxy) is 3. The van der Waals surface area contributed by atoms with Gasteiger partial charge in [-0.3, -0.25) is 13.9 Å². The van der Waals surface area contributed by atoms with E-state index in [2.05, 4.69) is 4.98 Å². The van der Waals surface area contributed by atoms with Gasteiger partial charge < -0.3 is 19.9 Å². The van der Waals surface area contributed by atoms with Crippen LogP contribution in [0.4, 0.5) is 5.82 Å². The highest BCUT2D eigenvalue weighted by molar-refractivity contribution is 6.09. The van der Waals surface area contributed by atoms with Crippen LogP contribution in [0.15, 0.2) is 27.8 Å². The lowest BCUT2D eigenvalue weighted by molar-refractivity contribution is 0.0602. The van der Waals surface area contributed by atoms with Crippen LogP contribution < -0.4 is 26.5 Å². The SMILES string of the molecule is COC(=O)c1c(N)nc2c(c1-c1ccc(OC)c(OC)c1)c(=O)n(C)c(=O)n2C. The number of benzene rings is 1. The number of aromatic nitrogens is 3. The molecule has 0 radical (unpaired) electrons. The number of fused-ring (bicyclic) bond motifs is 1. The van der Waals surface area contributed by atoms with Gasteiger partial charge in [-0.25, -0.2) is 14.6 Å². The normalized spacial score (nSPS) is 10.8. The Balaban J connectivity index is 2.61. The van der Waals surface area contributed by atoms with Crippen molar-refractivity contribution < 1.29 is 19.0 Å². The number of nitrogens with two attached hydrogens (primary N) is 1. The maximum Gasteiger partial charge on any atom is 0.342 e. The van der Waals surface area contributed by atoms with Crippen LogP contribution >= 0.6 is 0 Å². The molecule has 29 heavy (non-hydrogen) atoms. The predicted molar refractivity (Wildman–Crippen MR) is 107 cm³/mol. The summed E-state index contributed by atoms with van der Waals surface area (Å²) in [4.78, 5) is 42.0. The minimum Gasteiger partial charge on any atom is -0.493 e. The third-order valence-corrected chi connectivity index (χ3v) is 4.68. The zero-order valence-corrected chi connectivity index (χ0v) is 16.6. The number of methoxy groups -OCH3 is 3. The van der Waals surface area contributed by atoms with Gasteiger partial charge in [0, 0.05) is 19.7 Å². The van der Waals surface area contributed by atoms with Crippen LogP contribution in [-0.4, -0.2) is 41.4 Å². The first-order valence-electron chi connectivity index (χ1n) is 8.46. The van der Waals surface area contributed by atoms with E-state index in [1.807, 2.05) is 0 Å². The predicted octanol–water partition coefficient (Wildman–Crippen LogP) is 0.685. The summed E-state index contributed by atoms with van der Waals surface area (Å²) >= 11 is 0. The Hall–Kier alpha value is -3.82. The van der Waals surface area contributed by atoms with Crippen LogP contribution in [0.3, 0.4) is 0 Å². The quantitative estimate of drug-likeness (QED) is 0.634. The minimum atomic E-state index is -0.766. The Morgan fingerprint density at radius 1 is 1.03 bits per heavy atom. The fourth-order valence-corrected chi connectivity index (χ4v) is 3.20. The van der Waals surface area contributed by atoms with E-state index in [-0.39, 0.29) is 28.0 Å². The molecule has 0 amide bonds. The average molecular weight is 400 g/mol. The summed E-state index contributed by atoms with van der Waals surface area (Å²) < 4.78 is 17.6. The van der Waals surface area contributed by atoms with Crippen LogP contribution in [-0.2, 0) is 18.8 Å². The van der Waals surface area contributed by atoms with Crippen molar-refractivity contribution in [3.63, 3.8) is 0 Å². The molecule has 0 bridgehead atoms. The summed E-state index contributed by atoms with van der Waals surface area (Å²) in [6.45, 7) is 0. The third kappa shape index (κ3) is 2.98. The lowest BCUT2D eigenvalue weighted by Gasteiger charge is -2.17. The van der Waals surface area contributed by atoms with Crippen molar-refractivity contribution in [2.45, 2.75) is 0 Å². The van der Waals surface area contributed by atoms with Gasteiger partial charge in [0.15, 0.2) is 17.1 Å². The zero-order chi connectivity index (χ0) is 21.5. The maximum atomic E-state index is 13.0. The van der Waals surface area contributed by atoms with Gasteiger partial charge in [-0.2, -0.15) is 0 Å². The van der Waals surface area contributed by atoms with Crippen LogP contribution in [0.5, 0.6) is 11.5 Å². The lowest BCUT2D eigenvalue weighted by atomic mass is 9.96. The van der Waals surface area contributed by atoms with E-state index in [1.165, 1.54) is 40.0 Å². The molecule has 2 N–H and O–H groups in total. The first kappa shape index (κ1) is 19.9. The van der Waals surface area contributed by atoms with Crippen molar-refractivity contribution in [1.29, 1.82) is 0 Å². The van der Waals surface area contributed by atoms with Gasteiger partial charge in [-0.1, -0.05) is 6.07 Å². The van der Waals surface area contributed by atoms with E-state index in [1.54, 1.807) is 18.2 Å². The van der Waals surface area contributed by atoms with Crippen molar-refractivity contribution in [3.8, 4) is 22.6 Å². The molecular formula is C19H20N4O6. The average Bonchev–Trinajstić information content (AvgIpc) is 2.74. The molecule has 3 aromatic rings. The van der Waals surface area contributed by atoms with Crippen molar-refractivity contribution in [1.82, 2.24) is 14.1 Å². The van der Waals surface area contributed by atoms with Crippen molar-refractivity contribution in [3.05, 3.63) is 44.6 Å². The molecule has 0 aliphatic carbocycles. The number of anilines is 1. The van der Waals surface area contributed by atoms with E-state index in [0.29, 0.717) is 17.1 Å². The molecule has 10 nitrogen and oxygen atoms in total. The summed E-state index contributed by atoms with van der Waals surface area (Å²) in [6.07, 6.45) is 0. The second-order valence-electron chi connectivity index (χ2n) is 6.21. The number of nitrogens with zero attached hydrogens (tertiary/aromatic N) is 3. The van der Waals surface area contributed by atoms with E-state index in [9.17, 15) is 14.4 Å². The number of aryl methyl sites for hydroxylation is 1. The zero-order valence-electron chi connectivity index (χ0n) is 16.6. The lowest BCUT2D eigenvalue weighted by Crippen LogP contribution is -2.38. The molecule has 2 aromatic heterocycles. The van der Waals surface area contributed by atoms with E-state index < -0.39 is 17.2 Å². The number of hydrogen-bond donors (Lipinski definition) is 1. The molecule has 0 aliphatic heterocycles. The molecule has 0 saturated carbocycles. The molecule has 0 unspecified atom stereocenters. The van der Waals surface area contributed by atoms with Crippen LogP contribution in [0.25, 0.3) is 22.2 Å². The maximum absolute atomic E-state index is 13.0. The molecule has 0 fully saturated rings. The second-order valence-corrected chi connectivity index (χ2v) is 6.21. The van der Waals surface area contributed by atoms with E-state index >= 15 is 0 Å². The Morgan fingerprint density at radius 2 is 1.69 bits per heavy atom. The minimum absolute atomic E-state index is 0.0491. The fourth-order valence-electron chi connectivity index (χ4n) is 3.20. The standard InChI is InChI=1S/C19H20N4O6/c1-22-16-14(17(24)23(2)19(22)26)12(13(15(20)21-16)18(25)29-5)9-6-7-10(27-3)11(8-9)28-4/h6-8H,1-5H3,(H2,20,21). The number of rotatable bonds is 4. The monoisotopic (exact) mass is 400 g/mol. The largest absolute Gasteiger partial charge is 0.493 e. The van der Waals surface area contributed by atoms with Crippen molar-refractivity contribution in [2.75, 3.05) is 27.1 Å². The van der Waals surface area contributed by atoms with Gasteiger partial charge in [-0.05, 0) is 17.7 Å². The number of hydrogen-bond acceptors (Lipinski definition) is 8. The Labute approximate surface area is 165 Å². The van der Waals surface area contributed by atoms with Gasteiger partial charge >= 0.3 is 11.7 Å². The van der Waals surface area contributed by atoms with Crippen LogP contribution in [0.1, 0.15) is 10.4 Å². The van der Waals surface area contributed by atoms with Gasteiger partial charge in [0.05, 0.1) is 26.7 Å². The van der Waals surface area contributed by atoms with Gasteiger partial charge in [-0.15, -0.1) is 0 Å². The summed E-state index contributed by atoms with van der Waals surface area (Å²) in [7, 11) is 6.96. The van der Waals surface area contributed by atoms with Crippen LogP contribution in [0, 0.1) is 0 Å². The number of carbonyl (C=O) groups excluding carboxylic acids is 1. The fraction of sp³-hybridized carbons (Fsp3) is 0.263. The van der Waals surface area contributed by atoms with Gasteiger partial charge in [0.2, 0.25) is 0 Å². The number of nitrogen functional groups attached to an aromatic ring is 1. The molecule has 3 rings (SSSR count). The molecule has 152 valence electrons. The molecule has 0 spiro atoms.